The van der Waals surface area contributed by atoms with Crippen LogP contribution in [0.25, 0.3) is 11.4 Å². The molecule has 0 saturated heterocycles. The topological polar surface area (TPSA) is 80.0 Å². The molecule has 0 fully saturated rings. The van der Waals surface area contributed by atoms with E-state index in [4.69, 9.17) is 23.2 Å². The van der Waals surface area contributed by atoms with Gasteiger partial charge in [-0.1, -0.05) is 63.0 Å². The SMILES string of the molecule is C=CCn1c(SCC(=O)Nc2c(Cl)cccc2Cl)nnc1-c1cc(Br)ccc1O. The first-order valence-corrected chi connectivity index (χ1v) is 10.8. The number of halogens is 3. The molecule has 3 rings (SSSR count). The standard InChI is InChI=1S/C19H15BrCl2N4O2S/c1-2-8-26-18(12-9-11(20)6-7-15(12)27)24-25-19(26)29-10-16(28)23-17-13(21)4-3-5-14(17)22/h2-7,9,27H,1,8,10H2,(H,23,28). The molecule has 0 radical (unpaired) electrons. The van der Waals surface area contributed by atoms with E-state index in [1.165, 1.54) is 11.8 Å². The predicted molar refractivity (Wildman–Crippen MR) is 121 cm³/mol. The summed E-state index contributed by atoms with van der Waals surface area (Å²) >= 11 is 16.8. The number of anilines is 1. The predicted octanol–water partition coefficient (Wildman–Crippen LogP) is 5.64. The van der Waals surface area contributed by atoms with Crippen molar-refractivity contribution in [1.29, 1.82) is 0 Å². The minimum absolute atomic E-state index is 0.0707. The van der Waals surface area contributed by atoms with Crippen LogP contribution in [0, 0.1) is 0 Å². The molecule has 2 aromatic carbocycles. The first-order valence-electron chi connectivity index (χ1n) is 8.30. The number of hydrogen-bond acceptors (Lipinski definition) is 5. The lowest BCUT2D eigenvalue weighted by Crippen LogP contribution is -2.15. The van der Waals surface area contributed by atoms with Gasteiger partial charge in [0.25, 0.3) is 0 Å². The summed E-state index contributed by atoms with van der Waals surface area (Å²) in [6.07, 6.45) is 1.69. The maximum Gasteiger partial charge on any atom is 0.234 e. The first-order chi connectivity index (χ1) is 13.9. The van der Waals surface area contributed by atoms with Gasteiger partial charge in [-0.3, -0.25) is 9.36 Å². The zero-order valence-corrected chi connectivity index (χ0v) is 18.8. The van der Waals surface area contributed by atoms with Crippen molar-refractivity contribution in [2.45, 2.75) is 11.7 Å². The highest BCUT2D eigenvalue weighted by atomic mass is 79.9. The van der Waals surface area contributed by atoms with Crippen LogP contribution in [-0.4, -0.2) is 31.5 Å². The maximum absolute atomic E-state index is 12.4. The second-order valence-electron chi connectivity index (χ2n) is 5.80. The van der Waals surface area contributed by atoms with Gasteiger partial charge in [0.1, 0.15) is 5.75 Å². The number of carbonyl (C=O) groups is 1. The van der Waals surface area contributed by atoms with Crippen molar-refractivity contribution >= 4 is 62.5 Å². The van der Waals surface area contributed by atoms with Gasteiger partial charge >= 0.3 is 0 Å². The molecule has 6 nitrogen and oxygen atoms in total. The van der Waals surface area contributed by atoms with Gasteiger partial charge < -0.3 is 10.4 Å². The second-order valence-corrected chi connectivity index (χ2v) is 8.47. The van der Waals surface area contributed by atoms with E-state index in [1.807, 2.05) is 0 Å². The summed E-state index contributed by atoms with van der Waals surface area (Å²) in [6, 6.07) is 10.0. The molecule has 0 unspecified atom stereocenters. The third-order valence-corrected chi connectivity index (χ3v) is 5.88. The molecule has 150 valence electrons. The van der Waals surface area contributed by atoms with Crippen molar-refractivity contribution in [1.82, 2.24) is 14.8 Å². The van der Waals surface area contributed by atoms with Crippen molar-refractivity contribution in [3.8, 4) is 17.1 Å². The summed E-state index contributed by atoms with van der Waals surface area (Å²) < 4.78 is 2.57. The van der Waals surface area contributed by atoms with E-state index >= 15 is 0 Å². The van der Waals surface area contributed by atoms with E-state index in [-0.39, 0.29) is 17.4 Å². The number of phenols is 1. The van der Waals surface area contributed by atoms with Gasteiger partial charge in [-0.05, 0) is 30.3 Å². The Morgan fingerprint density at radius 1 is 1.28 bits per heavy atom. The molecule has 2 N–H and O–H groups in total. The molecule has 0 spiro atoms. The Bertz CT molecular complexity index is 1050. The van der Waals surface area contributed by atoms with Gasteiger partial charge in [-0.25, -0.2) is 0 Å². The number of para-hydroxylation sites is 1. The lowest BCUT2D eigenvalue weighted by atomic mass is 10.2. The van der Waals surface area contributed by atoms with Crippen molar-refractivity contribution in [2.75, 3.05) is 11.1 Å². The third kappa shape index (κ3) is 5.14. The number of amides is 1. The number of aromatic hydroxyl groups is 1. The highest BCUT2D eigenvalue weighted by molar-refractivity contribution is 9.10. The highest BCUT2D eigenvalue weighted by Crippen LogP contribution is 2.33. The molecule has 1 heterocycles. The Balaban J connectivity index is 1.79. The van der Waals surface area contributed by atoms with E-state index < -0.39 is 0 Å². The van der Waals surface area contributed by atoms with Gasteiger partial charge in [0, 0.05) is 11.0 Å². The number of carbonyl (C=O) groups excluding carboxylic acids is 1. The quantitative estimate of drug-likeness (QED) is 0.316. The Labute approximate surface area is 190 Å². The number of nitrogens with one attached hydrogen (secondary N) is 1. The van der Waals surface area contributed by atoms with Crippen LogP contribution >= 0.6 is 50.9 Å². The van der Waals surface area contributed by atoms with Crippen LogP contribution in [0.1, 0.15) is 0 Å². The van der Waals surface area contributed by atoms with Crippen LogP contribution in [0.4, 0.5) is 5.69 Å². The summed E-state index contributed by atoms with van der Waals surface area (Å²) in [5.41, 5.74) is 0.890. The summed E-state index contributed by atoms with van der Waals surface area (Å²) in [5.74, 6) is 0.334. The molecule has 0 saturated carbocycles. The Morgan fingerprint density at radius 3 is 2.69 bits per heavy atom. The highest BCUT2D eigenvalue weighted by Gasteiger charge is 2.18. The molecular formula is C19H15BrCl2N4O2S. The zero-order valence-electron chi connectivity index (χ0n) is 14.9. The fourth-order valence-corrected chi connectivity index (χ4v) is 4.10. The number of thioether (sulfide) groups is 1. The van der Waals surface area contributed by atoms with E-state index in [2.05, 4.69) is 38.0 Å². The van der Waals surface area contributed by atoms with Crippen molar-refractivity contribution in [3.63, 3.8) is 0 Å². The minimum Gasteiger partial charge on any atom is -0.507 e. The summed E-state index contributed by atoms with van der Waals surface area (Å²) in [6.45, 7) is 4.17. The average Bonchev–Trinajstić information content (AvgIpc) is 3.08. The molecule has 1 aromatic heterocycles. The normalized spacial score (nSPS) is 10.7. The van der Waals surface area contributed by atoms with Gasteiger partial charge in [0.15, 0.2) is 11.0 Å². The minimum atomic E-state index is -0.287. The fourth-order valence-electron chi connectivity index (χ4n) is 2.50. The van der Waals surface area contributed by atoms with Crippen LogP contribution < -0.4 is 5.32 Å². The van der Waals surface area contributed by atoms with Gasteiger partial charge in [-0.15, -0.1) is 16.8 Å². The molecule has 0 atom stereocenters. The van der Waals surface area contributed by atoms with Gasteiger partial charge in [0.2, 0.25) is 5.91 Å². The summed E-state index contributed by atoms with van der Waals surface area (Å²) in [5, 5.41) is 22.5. The smallest absolute Gasteiger partial charge is 0.234 e. The molecule has 29 heavy (non-hydrogen) atoms. The monoisotopic (exact) mass is 512 g/mol. The summed E-state index contributed by atoms with van der Waals surface area (Å²) in [4.78, 5) is 12.4. The Kier molecular flexibility index (Phi) is 7.23. The van der Waals surface area contributed by atoms with Gasteiger partial charge in [-0.2, -0.15) is 0 Å². The zero-order chi connectivity index (χ0) is 21.0. The average molecular weight is 514 g/mol. The molecule has 0 aliphatic rings. The Hall–Kier alpha value is -2.00. The second kappa shape index (κ2) is 9.67. The largest absolute Gasteiger partial charge is 0.507 e. The van der Waals surface area contributed by atoms with E-state index in [0.29, 0.717) is 38.8 Å². The van der Waals surface area contributed by atoms with Crippen molar-refractivity contribution in [3.05, 3.63) is 63.6 Å². The van der Waals surface area contributed by atoms with Crippen LogP contribution in [0.3, 0.4) is 0 Å². The lowest BCUT2D eigenvalue weighted by Gasteiger charge is -2.10. The Morgan fingerprint density at radius 2 is 2.00 bits per heavy atom. The molecule has 0 bridgehead atoms. The van der Waals surface area contributed by atoms with E-state index in [1.54, 1.807) is 47.0 Å². The lowest BCUT2D eigenvalue weighted by molar-refractivity contribution is -0.113. The van der Waals surface area contributed by atoms with Crippen LogP contribution in [0.2, 0.25) is 10.0 Å². The molecule has 0 aliphatic heterocycles. The number of aromatic nitrogens is 3. The number of hydrogen-bond donors (Lipinski definition) is 2. The molecule has 1 amide bonds. The fraction of sp³-hybridized carbons (Fsp3) is 0.105. The number of benzene rings is 2. The van der Waals surface area contributed by atoms with Crippen LogP contribution in [0.5, 0.6) is 5.75 Å². The number of allylic oxidation sites excluding steroid dienone is 1. The van der Waals surface area contributed by atoms with Crippen molar-refractivity contribution < 1.29 is 9.90 Å². The van der Waals surface area contributed by atoms with Crippen LogP contribution in [0.15, 0.2) is 58.7 Å². The molecule has 0 aliphatic carbocycles. The number of phenolic OH excluding ortho intramolecular Hbond substituents is 1. The first kappa shape index (κ1) is 21.7. The van der Waals surface area contributed by atoms with E-state index in [9.17, 15) is 9.90 Å². The number of nitrogens with zero attached hydrogens (tertiary/aromatic N) is 3. The summed E-state index contributed by atoms with van der Waals surface area (Å²) in [7, 11) is 0. The molecule has 10 heteroatoms. The molecular weight excluding hydrogens is 499 g/mol. The van der Waals surface area contributed by atoms with Gasteiger partial charge in [0.05, 0.1) is 27.0 Å². The van der Waals surface area contributed by atoms with Crippen molar-refractivity contribution in [2.24, 2.45) is 0 Å². The third-order valence-electron chi connectivity index (χ3n) is 3.79. The maximum atomic E-state index is 12.4. The van der Waals surface area contributed by atoms with E-state index in [0.717, 1.165) is 4.47 Å². The molecule has 3 aromatic rings. The number of rotatable bonds is 7. The van der Waals surface area contributed by atoms with Crippen LogP contribution in [-0.2, 0) is 11.3 Å².